The van der Waals surface area contributed by atoms with Crippen molar-refractivity contribution in [2.45, 2.75) is 64.7 Å². The Kier molecular flexibility index (Phi) is 10.8. The first-order chi connectivity index (χ1) is 16.7. The van der Waals surface area contributed by atoms with Gasteiger partial charge in [0.1, 0.15) is 18.2 Å². The molecule has 0 aliphatic heterocycles. The summed E-state index contributed by atoms with van der Waals surface area (Å²) in [6, 6.07) is 17.5. The standard InChI is InChI=1S/C27H33N3O5/c1-27(2,3)35-24(31)17-23(30-26(33)34-19-22-10-5-4-6-11-22)25(32)29-16-8-7-9-20-12-14-21(18-28)15-13-20/h4-6,10-15,23H,7-9,16-17,19H2,1-3H3,(H,29,32)(H,30,33)/t23-/m1/s1. The van der Waals surface area contributed by atoms with E-state index in [-0.39, 0.29) is 13.0 Å². The average molecular weight is 480 g/mol. The van der Waals surface area contributed by atoms with Gasteiger partial charge in [-0.25, -0.2) is 4.79 Å². The van der Waals surface area contributed by atoms with Crippen molar-refractivity contribution in [1.82, 2.24) is 10.6 Å². The zero-order chi connectivity index (χ0) is 25.7. The van der Waals surface area contributed by atoms with Gasteiger partial charge in [0.15, 0.2) is 0 Å². The van der Waals surface area contributed by atoms with Gasteiger partial charge in [0.25, 0.3) is 0 Å². The number of ether oxygens (including phenoxy) is 2. The first kappa shape index (κ1) is 27.4. The van der Waals surface area contributed by atoms with Gasteiger partial charge in [-0.15, -0.1) is 0 Å². The highest BCUT2D eigenvalue weighted by Crippen LogP contribution is 2.10. The fraction of sp³-hybridized carbons (Fsp3) is 0.407. The molecule has 2 N–H and O–H groups in total. The number of amides is 2. The molecule has 2 aromatic carbocycles. The summed E-state index contributed by atoms with van der Waals surface area (Å²) in [7, 11) is 0. The van der Waals surface area contributed by atoms with Crippen LogP contribution in [-0.4, -0.2) is 36.2 Å². The van der Waals surface area contributed by atoms with E-state index in [0.29, 0.717) is 18.5 Å². The number of alkyl carbamates (subject to hydrolysis) is 1. The number of nitriles is 1. The molecule has 1 atom stereocenters. The average Bonchev–Trinajstić information content (AvgIpc) is 2.82. The summed E-state index contributed by atoms with van der Waals surface area (Å²) < 4.78 is 10.5. The Bertz CT molecular complexity index is 1010. The fourth-order valence-corrected chi connectivity index (χ4v) is 3.20. The van der Waals surface area contributed by atoms with Crippen molar-refractivity contribution >= 4 is 18.0 Å². The van der Waals surface area contributed by atoms with Crippen LogP contribution >= 0.6 is 0 Å². The zero-order valence-corrected chi connectivity index (χ0v) is 20.5. The molecular weight excluding hydrogens is 446 g/mol. The topological polar surface area (TPSA) is 118 Å². The molecule has 0 aliphatic carbocycles. The van der Waals surface area contributed by atoms with Gasteiger partial charge in [-0.05, 0) is 63.3 Å². The van der Waals surface area contributed by atoms with Crippen molar-refractivity contribution in [3.63, 3.8) is 0 Å². The van der Waals surface area contributed by atoms with Gasteiger partial charge in [0.05, 0.1) is 18.1 Å². The molecular formula is C27H33N3O5. The van der Waals surface area contributed by atoms with E-state index in [4.69, 9.17) is 14.7 Å². The van der Waals surface area contributed by atoms with Crippen LogP contribution in [0.5, 0.6) is 0 Å². The molecule has 0 radical (unpaired) electrons. The number of unbranched alkanes of at least 4 members (excludes halogenated alkanes) is 1. The Morgan fingerprint density at radius 2 is 1.66 bits per heavy atom. The lowest BCUT2D eigenvalue weighted by Crippen LogP contribution is -2.48. The minimum atomic E-state index is -1.12. The Morgan fingerprint density at radius 1 is 0.971 bits per heavy atom. The van der Waals surface area contributed by atoms with Crippen molar-refractivity contribution < 1.29 is 23.9 Å². The summed E-state index contributed by atoms with van der Waals surface area (Å²) in [6.45, 7) is 5.63. The molecule has 0 aromatic heterocycles. The van der Waals surface area contributed by atoms with E-state index in [9.17, 15) is 14.4 Å². The third-order valence-corrected chi connectivity index (χ3v) is 4.89. The van der Waals surface area contributed by atoms with Crippen LogP contribution in [0.15, 0.2) is 54.6 Å². The molecule has 0 saturated heterocycles. The van der Waals surface area contributed by atoms with E-state index in [1.54, 1.807) is 32.9 Å². The fourth-order valence-electron chi connectivity index (χ4n) is 3.20. The summed E-state index contributed by atoms with van der Waals surface area (Å²) in [5.74, 6) is -1.08. The van der Waals surface area contributed by atoms with Crippen molar-refractivity contribution in [1.29, 1.82) is 5.26 Å². The highest BCUT2D eigenvalue weighted by molar-refractivity contribution is 5.89. The van der Waals surface area contributed by atoms with Crippen molar-refractivity contribution in [2.75, 3.05) is 6.54 Å². The van der Waals surface area contributed by atoms with E-state index in [1.165, 1.54) is 0 Å². The molecule has 8 heteroatoms. The van der Waals surface area contributed by atoms with Crippen LogP contribution in [0.1, 0.15) is 56.7 Å². The quantitative estimate of drug-likeness (QED) is 0.371. The molecule has 0 heterocycles. The first-order valence-electron chi connectivity index (χ1n) is 11.6. The number of esters is 1. The van der Waals surface area contributed by atoms with Crippen LogP contribution in [0.3, 0.4) is 0 Å². The first-order valence-corrected chi connectivity index (χ1v) is 11.6. The van der Waals surface area contributed by atoms with Crippen molar-refractivity contribution in [3.05, 3.63) is 71.3 Å². The van der Waals surface area contributed by atoms with Crippen LogP contribution in [0.25, 0.3) is 0 Å². The maximum absolute atomic E-state index is 12.7. The molecule has 2 rings (SSSR count). The Balaban J connectivity index is 1.84. The third-order valence-electron chi connectivity index (χ3n) is 4.89. The van der Waals surface area contributed by atoms with E-state index in [1.807, 2.05) is 42.5 Å². The van der Waals surface area contributed by atoms with Crippen LogP contribution < -0.4 is 10.6 Å². The maximum atomic E-state index is 12.7. The molecule has 0 spiro atoms. The van der Waals surface area contributed by atoms with Gasteiger partial charge in [0.2, 0.25) is 5.91 Å². The van der Waals surface area contributed by atoms with Crippen LogP contribution in [0, 0.1) is 11.3 Å². The van der Waals surface area contributed by atoms with Gasteiger partial charge in [-0.2, -0.15) is 5.26 Å². The number of nitrogens with zero attached hydrogens (tertiary/aromatic N) is 1. The summed E-state index contributed by atoms with van der Waals surface area (Å²) in [6.07, 6.45) is 1.25. The van der Waals surface area contributed by atoms with Crippen LogP contribution in [0.4, 0.5) is 4.79 Å². The summed E-state index contributed by atoms with van der Waals surface area (Å²) in [5, 5.41) is 14.1. The predicted molar refractivity (Wildman–Crippen MR) is 131 cm³/mol. The van der Waals surface area contributed by atoms with Gasteiger partial charge in [-0.3, -0.25) is 9.59 Å². The number of hydrogen-bond donors (Lipinski definition) is 2. The number of carbonyl (C=O) groups excluding carboxylic acids is 3. The Hall–Kier alpha value is -3.86. The van der Waals surface area contributed by atoms with Crippen LogP contribution in [0.2, 0.25) is 0 Å². The third kappa shape index (κ3) is 11.2. The SMILES string of the molecule is CC(C)(C)OC(=O)C[C@@H](NC(=O)OCc1ccccc1)C(=O)NCCCCc1ccc(C#N)cc1. The zero-order valence-electron chi connectivity index (χ0n) is 20.5. The summed E-state index contributed by atoms with van der Waals surface area (Å²) in [4.78, 5) is 37.3. The largest absolute Gasteiger partial charge is 0.460 e. The van der Waals surface area contributed by atoms with Crippen molar-refractivity contribution in [3.8, 4) is 6.07 Å². The summed E-state index contributed by atoms with van der Waals surface area (Å²) >= 11 is 0. The molecule has 0 aliphatic rings. The number of nitrogens with one attached hydrogen (secondary N) is 2. The predicted octanol–water partition coefficient (Wildman–Crippen LogP) is 4.02. The second-order valence-corrected chi connectivity index (χ2v) is 9.11. The normalized spacial score (nSPS) is 11.6. The van der Waals surface area contributed by atoms with E-state index in [2.05, 4.69) is 16.7 Å². The Morgan fingerprint density at radius 3 is 2.29 bits per heavy atom. The van der Waals surface area contributed by atoms with Gasteiger partial charge in [-0.1, -0.05) is 42.5 Å². The number of benzene rings is 2. The molecule has 8 nitrogen and oxygen atoms in total. The van der Waals surface area contributed by atoms with Gasteiger partial charge < -0.3 is 20.1 Å². The highest BCUT2D eigenvalue weighted by Gasteiger charge is 2.27. The monoisotopic (exact) mass is 479 g/mol. The molecule has 35 heavy (non-hydrogen) atoms. The number of carbonyl (C=O) groups is 3. The minimum absolute atomic E-state index is 0.0444. The van der Waals surface area contributed by atoms with Gasteiger partial charge >= 0.3 is 12.1 Å². The van der Waals surface area contributed by atoms with E-state index < -0.39 is 29.6 Å². The molecule has 0 fully saturated rings. The molecule has 2 amide bonds. The molecule has 0 unspecified atom stereocenters. The lowest BCUT2D eigenvalue weighted by Gasteiger charge is -2.22. The number of rotatable bonds is 11. The Labute approximate surface area is 206 Å². The molecule has 0 saturated carbocycles. The van der Waals surface area contributed by atoms with Crippen LogP contribution in [-0.2, 0) is 32.1 Å². The lowest BCUT2D eigenvalue weighted by molar-refractivity contribution is -0.156. The smallest absolute Gasteiger partial charge is 0.408 e. The van der Waals surface area contributed by atoms with E-state index in [0.717, 1.165) is 24.0 Å². The van der Waals surface area contributed by atoms with Gasteiger partial charge in [0, 0.05) is 6.54 Å². The summed E-state index contributed by atoms with van der Waals surface area (Å²) in [5.41, 5.74) is 1.82. The molecule has 2 aromatic rings. The lowest BCUT2D eigenvalue weighted by atomic mass is 10.1. The number of aryl methyl sites for hydroxylation is 1. The van der Waals surface area contributed by atoms with Crippen molar-refractivity contribution in [2.24, 2.45) is 0 Å². The number of hydrogen-bond acceptors (Lipinski definition) is 6. The minimum Gasteiger partial charge on any atom is -0.460 e. The maximum Gasteiger partial charge on any atom is 0.408 e. The molecule has 186 valence electrons. The highest BCUT2D eigenvalue weighted by atomic mass is 16.6. The second kappa shape index (κ2) is 13.8. The second-order valence-electron chi connectivity index (χ2n) is 9.11. The molecule has 0 bridgehead atoms. The van der Waals surface area contributed by atoms with E-state index >= 15 is 0 Å².